The monoisotopic (exact) mass is 483 g/mol. The molecule has 0 unspecified atom stereocenters. The highest BCUT2D eigenvalue weighted by Crippen LogP contribution is 2.25. The lowest BCUT2D eigenvalue weighted by molar-refractivity contribution is -0.142. The smallest absolute Gasteiger partial charge is 0.326 e. The highest BCUT2D eigenvalue weighted by atomic mass is 16.4. The Bertz CT molecular complexity index is 1350. The number of para-hydroxylation sites is 1. The molecule has 36 heavy (non-hydrogen) atoms. The summed E-state index contributed by atoms with van der Waals surface area (Å²) >= 11 is 0. The van der Waals surface area contributed by atoms with E-state index in [2.05, 4.69) is 26.3 Å². The molecule has 8 heteroatoms. The van der Waals surface area contributed by atoms with E-state index < -0.39 is 12.0 Å². The summed E-state index contributed by atoms with van der Waals surface area (Å²) < 4.78 is 1.92. The lowest BCUT2D eigenvalue weighted by Crippen LogP contribution is -2.47. The second-order valence-electron chi connectivity index (χ2n) is 9.27. The van der Waals surface area contributed by atoms with E-state index in [9.17, 15) is 14.7 Å². The van der Waals surface area contributed by atoms with Gasteiger partial charge in [0.15, 0.2) is 0 Å². The molecule has 1 atom stereocenters. The molecule has 2 N–H and O–H groups in total. The number of carbonyl (C=O) groups excluding carboxylic acids is 1. The number of pyridine rings is 1. The molecule has 1 saturated heterocycles. The van der Waals surface area contributed by atoms with Crippen LogP contribution in [0.2, 0.25) is 0 Å². The predicted octanol–water partition coefficient (Wildman–Crippen LogP) is 3.51. The Morgan fingerprint density at radius 1 is 1.03 bits per heavy atom. The number of hydrogen-bond donors (Lipinski definition) is 2. The molecule has 1 aliphatic heterocycles. The van der Waals surface area contributed by atoms with Crippen molar-refractivity contribution in [3.8, 4) is 0 Å². The molecule has 4 aromatic rings. The van der Waals surface area contributed by atoms with Crippen LogP contribution in [0.25, 0.3) is 10.9 Å². The van der Waals surface area contributed by atoms with Crippen LogP contribution < -0.4 is 10.2 Å². The fourth-order valence-corrected chi connectivity index (χ4v) is 4.72. The number of piperidine rings is 1. The van der Waals surface area contributed by atoms with Crippen LogP contribution in [0.3, 0.4) is 0 Å². The maximum atomic E-state index is 12.9. The van der Waals surface area contributed by atoms with Crippen molar-refractivity contribution in [2.24, 2.45) is 5.92 Å². The summed E-state index contributed by atoms with van der Waals surface area (Å²) in [6.45, 7) is 2.10. The Kier molecular flexibility index (Phi) is 6.93. The molecule has 0 aliphatic carbocycles. The van der Waals surface area contributed by atoms with Crippen molar-refractivity contribution in [3.05, 3.63) is 90.6 Å². The molecule has 1 amide bonds. The fraction of sp³-hybridized carbons (Fsp3) is 0.286. The van der Waals surface area contributed by atoms with Gasteiger partial charge in [-0.05, 0) is 30.5 Å². The number of nitrogens with zero attached hydrogens (tertiary/aromatic N) is 4. The number of aromatic nitrogens is 3. The van der Waals surface area contributed by atoms with Gasteiger partial charge in [-0.1, -0.05) is 48.5 Å². The molecular weight excluding hydrogens is 454 g/mol. The average Bonchev–Trinajstić information content (AvgIpc) is 3.35. The Balaban J connectivity index is 1.16. The predicted molar refractivity (Wildman–Crippen MR) is 138 cm³/mol. The number of anilines is 1. The van der Waals surface area contributed by atoms with Crippen LogP contribution in [0.4, 0.5) is 5.69 Å². The highest BCUT2D eigenvalue weighted by Gasteiger charge is 2.29. The molecule has 1 aliphatic rings. The third-order valence-electron chi connectivity index (χ3n) is 6.73. The van der Waals surface area contributed by atoms with Gasteiger partial charge in [0.25, 0.3) is 0 Å². The Labute approximate surface area is 209 Å². The maximum Gasteiger partial charge on any atom is 0.326 e. The Morgan fingerprint density at radius 3 is 2.56 bits per heavy atom. The first kappa shape index (κ1) is 23.5. The van der Waals surface area contributed by atoms with E-state index in [1.165, 1.54) is 0 Å². The highest BCUT2D eigenvalue weighted by molar-refractivity contribution is 5.85. The zero-order valence-corrected chi connectivity index (χ0v) is 20.0. The maximum absolute atomic E-state index is 12.9. The van der Waals surface area contributed by atoms with Gasteiger partial charge in [-0.15, -0.1) is 0 Å². The molecule has 2 aromatic carbocycles. The zero-order chi connectivity index (χ0) is 24.9. The standard InChI is InChI=1S/C28H29N5O3/c34-27(21-10-12-33(13-11-21)24-14-22-8-4-5-9-25(22)29-16-24)31-26(28(35)36)15-23-18-32(19-30-23)17-20-6-2-1-3-7-20/h1-9,14,16,18-19,21,26H,10-13,15,17H2,(H,31,34)(H,35,36)/t26-/m0/s1. The van der Waals surface area contributed by atoms with Gasteiger partial charge >= 0.3 is 5.97 Å². The molecule has 184 valence electrons. The number of carboxylic acids is 1. The molecule has 5 rings (SSSR count). The van der Waals surface area contributed by atoms with Crippen molar-refractivity contribution >= 4 is 28.5 Å². The van der Waals surface area contributed by atoms with Gasteiger partial charge in [-0.3, -0.25) is 9.78 Å². The minimum absolute atomic E-state index is 0.143. The third-order valence-corrected chi connectivity index (χ3v) is 6.73. The minimum Gasteiger partial charge on any atom is -0.480 e. The topological polar surface area (TPSA) is 100 Å². The zero-order valence-electron chi connectivity index (χ0n) is 20.0. The molecule has 3 heterocycles. The van der Waals surface area contributed by atoms with Gasteiger partial charge in [0, 0.05) is 43.6 Å². The van der Waals surface area contributed by atoms with Crippen molar-refractivity contribution in [3.63, 3.8) is 0 Å². The first-order valence-corrected chi connectivity index (χ1v) is 12.2. The number of imidazole rings is 1. The molecule has 0 spiro atoms. The fourth-order valence-electron chi connectivity index (χ4n) is 4.72. The Morgan fingerprint density at radius 2 is 1.78 bits per heavy atom. The Hall–Kier alpha value is -4.20. The van der Waals surface area contributed by atoms with Crippen LogP contribution in [0.5, 0.6) is 0 Å². The van der Waals surface area contributed by atoms with Crippen molar-refractivity contribution in [2.45, 2.75) is 31.8 Å². The van der Waals surface area contributed by atoms with Crippen molar-refractivity contribution in [1.82, 2.24) is 19.9 Å². The van der Waals surface area contributed by atoms with Crippen LogP contribution in [-0.2, 0) is 22.6 Å². The van der Waals surface area contributed by atoms with Gasteiger partial charge in [0.05, 0.1) is 29.4 Å². The summed E-state index contributed by atoms with van der Waals surface area (Å²) in [4.78, 5) is 36.0. The number of aliphatic carboxylic acids is 1. The third kappa shape index (κ3) is 5.54. The van der Waals surface area contributed by atoms with Crippen molar-refractivity contribution in [1.29, 1.82) is 0 Å². The molecule has 2 aromatic heterocycles. The summed E-state index contributed by atoms with van der Waals surface area (Å²) in [5, 5.41) is 13.6. The van der Waals surface area contributed by atoms with E-state index in [-0.39, 0.29) is 18.2 Å². The summed E-state index contributed by atoms with van der Waals surface area (Å²) in [6.07, 6.45) is 6.88. The molecule has 8 nitrogen and oxygen atoms in total. The van der Waals surface area contributed by atoms with E-state index >= 15 is 0 Å². The van der Waals surface area contributed by atoms with E-state index in [0.29, 0.717) is 25.1 Å². The lowest BCUT2D eigenvalue weighted by Gasteiger charge is -2.33. The largest absolute Gasteiger partial charge is 0.480 e. The molecular formula is C28H29N5O3. The van der Waals surface area contributed by atoms with Crippen LogP contribution in [0, 0.1) is 5.92 Å². The van der Waals surface area contributed by atoms with Crippen molar-refractivity contribution < 1.29 is 14.7 Å². The number of nitrogens with one attached hydrogen (secondary N) is 1. The normalized spacial score (nSPS) is 15.1. The van der Waals surface area contributed by atoms with Crippen molar-refractivity contribution in [2.75, 3.05) is 18.0 Å². The van der Waals surface area contributed by atoms with E-state index in [4.69, 9.17) is 0 Å². The summed E-state index contributed by atoms with van der Waals surface area (Å²) in [5.41, 5.74) is 3.77. The van der Waals surface area contributed by atoms with Gasteiger partial charge in [0.1, 0.15) is 6.04 Å². The number of carboxylic acid groups (broad SMARTS) is 1. The molecule has 0 bridgehead atoms. The number of carbonyl (C=O) groups is 2. The lowest BCUT2D eigenvalue weighted by atomic mass is 9.95. The summed E-state index contributed by atoms with van der Waals surface area (Å²) in [7, 11) is 0. The second kappa shape index (κ2) is 10.6. The molecule has 1 fully saturated rings. The van der Waals surface area contributed by atoms with E-state index in [0.717, 1.165) is 35.2 Å². The van der Waals surface area contributed by atoms with E-state index in [1.807, 2.05) is 71.6 Å². The number of rotatable bonds is 8. The van der Waals surface area contributed by atoms with Gasteiger partial charge in [-0.25, -0.2) is 9.78 Å². The van der Waals surface area contributed by atoms with Gasteiger partial charge in [0.2, 0.25) is 5.91 Å². The second-order valence-corrected chi connectivity index (χ2v) is 9.27. The minimum atomic E-state index is -1.05. The first-order valence-electron chi connectivity index (χ1n) is 12.2. The number of benzene rings is 2. The van der Waals surface area contributed by atoms with Gasteiger partial charge in [-0.2, -0.15) is 0 Å². The van der Waals surface area contributed by atoms with Gasteiger partial charge < -0.3 is 19.9 Å². The quantitative estimate of drug-likeness (QED) is 0.398. The molecule has 0 radical (unpaired) electrons. The van der Waals surface area contributed by atoms with Crippen LogP contribution in [0.15, 0.2) is 79.4 Å². The molecule has 0 saturated carbocycles. The number of hydrogen-bond acceptors (Lipinski definition) is 5. The summed E-state index contributed by atoms with van der Waals surface area (Å²) in [5.74, 6) is -1.48. The van der Waals surface area contributed by atoms with Crippen LogP contribution in [-0.4, -0.2) is 50.6 Å². The average molecular weight is 484 g/mol. The van der Waals surface area contributed by atoms with Crippen LogP contribution >= 0.6 is 0 Å². The number of amides is 1. The van der Waals surface area contributed by atoms with Crippen LogP contribution in [0.1, 0.15) is 24.1 Å². The SMILES string of the molecule is O=C(N[C@@H](Cc1cn(Cc2ccccc2)cn1)C(=O)O)C1CCN(c2cnc3ccccc3c2)CC1. The number of fused-ring (bicyclic) bond motifs is 1. The summed E-state index contributed by atoms with van der Waals surface area (Å²) in [6, 6.07) is 19.1. The first-order chi connectivity index (χ1) is 17.5. The van der Waals surface area contributed by atoms with E-state index in [1.54, 1.807) is 6.33 Å².